The van der Waals surface area contributed by atoms with Crippen molar-refractivity contribution in [3.63, 3.8) is 0 Å². The minimum absolute atomic E-state index is 0.0256. The van der Waals surface area contributed by atoms with E-state index in [1.807, 2.05) is 37.9 Å². The van der Waals surface area contributed by atoms with Gasteiger partial charge in [-0.15, -0.1) is 0 Å². The lowest BCUT2D eigenvalue weighted by Crippen LogP contribution is -2.39. The third-order valence-electron chi connectivity index (χ3n) is 5.63. The Bertz CT molecular complexity index is 1020. The molecule has 2 aromatic rings. The monoisotopic (exact) mass is 531 g/mol. The van der Waals surface area contributed by atoms with Crippen LogP contribution in [0.2, 0.25) is 0 Å². The molecule has 0 bridgehead atoms. The van der Waals surface area contributed by atoms with Crippen molar-refractivity contribution in [3.8, 4) is 5.75 Å². The predicted molar refractivity (Wildman–Crippen MR) is 139 cm³/mol. The van der Waals surface area contributed by atoms with Crippen molar-refractivity contribution in [3.05, 3.63) is 58.1 Å². The van der Waals surface area contributed by atoms with Gasteiger partial charge in [-0.3, -0.25) is 14.9 Å². The Morgan fingerprint density at radius 3 is 2.48 bits per heavy atom. The van der Waals surface area contributed by atoms with Gasteiger partial charge in [-0.2, -0.15) is 0 Å². The SMILES string of the molecule is CC(C)Oc1ccc(C(=O)NC(=S)Nc2ccccc2C(=O)N(C)C2CCCCC2)cc1Br. The van der Waals surface area contributed by atoms with E-state index in [1.54, 1.807) is 30.3 Å². The van der Waals surface area contributed by atoms with Crippen molar-refractivity contribution in [2.45, 2.75) is 58.1 Å². The van der Waals surface area contributed by atoms with Crippen LogP contribution >= 0.6 is 28.1 Å². The third kappa shape index (κ3) is 6.77. The van der Waals surface area contributed by atoms with Gasteiger partial charge in [0.25, 0.3) is 11.8 Å². The Balaban J connectivity index is 1.66. The molecule has 1 saturated carbocycles. The smallest absolute Gasteiger partial charge is 0.257 e. The van der Waals surface area contributed by atoms with E-state index in [1.165, 1.54) is 6.42 Å². The maximum absolute atomic E-state index is 13.2. The summed E-state index contributed by atoms with van der Waals surface area (Å²) < 4.78 is 6.37. The fourth-order valence-electron chi connectivity index (χ4n) is 3.92. The minimum Gasteiger partial charge on any atom is -0.490 e. The van der Waals surface area contributed by atoms with Crippen molar-refractivity contribution in [2.75, 3.05) is 12.4 Å². The number of carbonyl (C=O) groups is 2. The number of benzene rings is 2. The fourth-order valence-corrected chi connectivity index (χ4v) is 4.60. The number of anilines is 1. The predicted octanol–water partition coefficient (Wildman–Crippen LogP) is 5.77. The second-order valence-corrected chi connectivity index (χ2v) is 9.74. The van der Waals surface area contributed by atoms with Gasteiger partial charge in [0.2, 0.25) is 0 Å². The van der Waals surface area contributed by atoms with Crippen molar-refractivity contribution < 1.29 is 14.3 Å². The molecule has 0 atom stereocenters. The Morgan fingerprint density at radius 1 is 1.12 bits per heavy atom. The van der Waals surface area contributed by atoms with Gasteiger partial charge >= 0.3 is 0 Å². The first kappa shape index (κ1) is 25.2. The maximum atomic E-state index is 13.2. The van der Waals surface area contributed by atoms with E-state index in [2.05, 4.69) is 26.6 Å². The number of nitrogens with one attached hydrogen (secondary N) is 2. The Hall–Kier alpha value is -2.45. The molecule has 0 aliphatic heterocycles. The highest BCUT2D eigenvalue weighted by Crippen LogP contribution is 2.27. The highest BCUT2D eigenvalue weighted by Gasteiger charge is 2.24. The van der Waals surface area contributed by atoms with Gasteiger partial charge in [0, 0.05) is 18.7 Å². The highest BCUT2D eigenvalue weighted by molar-refractivity contribution is 9.10. The van der Waals surface area contributed by atoms with Crippen molar-refractivity contribution in [1.82, 2.24) is 10.2 Å². The van der Waals surface area contributed by atoms with Crippen molar-refractivity contribution in [1.29, 1.82) is 0 Å². The number of amides is 2. The van der Waals surface area contributed by atoms with Crippen molar-refractivity contribution in [2.24, 2.45) is 0 Å². The quantitative estimate of drug-likeness (QED) is 0.463. The standard InChI is InChI=1S/C25H30BrN3O3S/c1-16(2)32-22-14-13-17(15-20(22)26)23(30)28-25(33)27-21-12-8-7-11-19(21)24(31)29(3)18-9-5-4-6-10-18/h7-8,11-16,18H,4-6,9-10H2,1-3H3,(H2,27,28,30,33). The Kier molecular flexibility index (Phi) is 8.86. The lowest BCUT2D eigenvalue weighted by Gasteiger charge is -2.31. The molecule has 0 heterocycles. The summed E-state index contributed by atoms with van der Waals surface area (Å²) in [4.78, 5) is 27.7. The van der Waals surface area contributed by atoms with E-state index in [4.69, 9.17) is 17.0 Å². The fraction of sp³-hybridized carbons (Fsp3) is 0.400. The Morgan fingerprint density at radius 2 is 1.82 bits per heavy atom. The third-order valence-corrected chi connectivity index (χ3v) is 6.46. The van der Waals surface area contributed by atoms with Crippen LogP contribution in [0.4, 0.5) is 5.69 Å². The lowest BCUT2D eigenvalue weighted by atomic mass is 9.94. The van der Waals surface area contributed by atoms with Gasteiger partial charge < -0.3 is 15.0 Å². The van der Waals surface area contributed by atoms with Crippen LogP contribution in [0.3, 0.4) is 0 Å². The van der Waals surface area contributed by atoms with Gasteiger partial charge in [-0.1, -0.05) is 31.4 Å². The van der Waals surface area contributed by atoms with E-state index in [9.17, 15) is 9.59 Å². The molecule has 3 rings (SSSR count). The van der Waals surface area contributed by atoms with E-state index in [0.717, 1.165) is 25.7 Å². The summed E-state index contributed by atoms with van der Waals surface area (Å²) in [6, 6.07) is 12.6. The van der Waals surface area contributed by atoms with Crippen LogP contribution in [0.15, 0.2) is 46.9 Å². The number of nitrogens with zero attached hydrogens (tertiary/aromatic N) is 1. The average molecular weight is 533 g/mol. The zero-order chi connectivity index (χ0) is 24.0. The molecule has 2 amide bonds. The zero-order valence-electron chi connectivity index (χ0n) is 19.2. The zero-order valence-corrected chi connectivity index (χ0v) is 21.6. The number of rotatable bonds is 6. The molecule has 6 nitrogen and oxygen atoms in total. The number of ether oxygens (including phenoxy) is 1. The summed E-state index contributed by atoms with van der Waals surface area (Å²) in [7, 11) is 1.86. The maximum Gasteiger partial charge on any atom is 0.257 e. The second-order valence-electron chi connectivity index (χ2n) is 8.47. The molecule has 2 aromatic carbocycles. The van der Waals surface area contributed by atoms with E-state index in [0.29, 0.717) is 27.0 Å². The van der Waals surface area contributed by atoms with Gasteiger partial charge in [0.15, 0.2) is 5.11 Å². The molecule has 2 N–H and O–H groups in total. The number of halogens is 1. The second kappa shape index (κ2) is 11.6. The summed E-state index contributed by atoms with van der Waals surface area (Å²) in [6.07, 6.45) is 5.62. The molecular weight excluding hydrogens is 502 g/mol. The number of thiocarbonyl (C=S) groups is 1. The number of carbonyl (C=O) groups excluding carboxylic acids is 2. The summed E-state index contributed by atoms with van der Waals surface area (Å²) >= 11 is 8.80. The molecule has 33 heavy (non-hydrogen) atoms. The first-order chi connectivity index (χ1) is 15.8. The number of hydrogen-bond acceptors (Lipinski definition) is 4. The molecule has 8 heteroatoms. The van der Waals surface area contributed by atoms with Gasteiger partial charge in [0.05, 0.1) is 21.8 Å². The largest absolute Gasteiger partial charge is 0.490 e. The van der Waals surface area contributed by atoms with Crippen LogP contribution in [0.25, 0.3) is 0 Å². The van der Waals surface area contributed by atoms with Crippen LogP contribution in [0.1, 0.15) is 66.7 Å². The lowest BCUT2D eigenvalue weighted by molar-refractivity contribution is 0.0697. The first-order valence-electron chi connectivity index (χ1n) is 11.2. The number of hydrogen-bond donors (Lipinski definition) is 2. The van der Waals surface area contributed by atoms with Crippen LogP contribution < -0.4 is 15.4 Å². The molecule has 0 spiro atoms. The van der Waals surface area contributed by atoms with Gasteiger partial charge in [0.1, 0.15) is 5.75 Å². The molecule has 0 unspecified atom stereocenters. The minimum atomic E-state index is -0.354. The van der Waals surface area contributed by atoms with Crippen LogP contribution in [0.5, 0.6) is 5.75 Å². The molecule has 0 radical (unpaired) electrons. The van der Waals surface area contributed by atoms with E-state index >= 15 is 0 Å². The summed E-state index contributed by atoms with van der Waals surface area (Å²) in [6.45, 7) is 3.87. The summed E-state index contributed by atoms with van der Waals surface area (Å²) in [5.41, 5.74) is 1.53. The van der Waals surface area contributed by atoms with E-state index in [-0.39, 0.29) is 29.1 Å². The molecule has 1 aliphatic carbocycles. The molecule has 176 valence electrons. The summed E-state index contributed by atoms with van der Waals surface area (Å²) in [5, 5.41) is 5.83. The van der Waals surface area contributed by atoms with Crippen LogP contribution in [-0.2, 0) is 0 Å². The van der Waals surface area contributed by atoms with Gasteiger partial charge in [-0.25, -0.2) is 0 Å². The molecule has 0 aromatic heterocycles. The van der Waals surface area contributed by atoms with Crippen LogP contribution in [0, 0.1) is 0 Å². The van der Waals surface area contributed by atoms with Gasteiger partial charge in [-0.05, 0) is 85.2 Å². The number of para-hydroxylation sites is 1. The van der Waals surface area contributed by atoms with E-state index < -0.39 is 0 Å². The first-order valence-corrected chi connectivity index (χ1v) is 12.4. The normalized spacial score (nSPS) is 14.0. The molecular formula is C25H30BrN3O3S. The highest BCUT2D eigenvalue weighted by atomic mass is 79.9. The summed E-state index contributed by atoms with van der Waals surface area (Å²) in [5.74, 6) is 0.257. The molecule has 1 aliphatic rings. The average Bonchev–Trinajstić information content (AvgIpc) is 2.80. The molecule has 0 saturated heterocycles. The topological polar surface area (TPSA) is 70.7 Å². The molecule has 1 fully saturated rings. The van der Waals surface area contributed by atoms with Crippen LogP contribution in [-0.4, -0.2) is 41.0 Å². The Labute approximate surface area is 209 Å². The van der Waals surface area contributed by atoms with Crippen molar-refractivity contribution >= 4 is 50.8 Å².